The Kier molecular flexibility index (Phi) is 5.02. The summed E-state index contributed by atoms with van der Waals surface area (Å²) in [7, 11) is 0. The van der Waals surface area contributed by atoms with Crippen LogP contribution in [0.2, 0.25) is 0 Å². The summed E-state index contributed by atoms with van der Waals surface area (Å²) < 4.78 is 11.5. The van der Waals surface area contributed by atoms with Crippen molar-refractivity contribution in [3.63, 3.8) is 0 Å². The lowest BCUT2D eigenvalue weighted by molar-refractivity contribution is -0.294. The lowest BCUT2D eigenvalue weighted by Crippen LogP contribution is -2.75. The summed E-state index contributed by atoms with van der Waals surface area (Å²) in [5, 5.41) is 34.2. The Morgan fingerprint density at radius 2 is 1.69 bits per heavy atom. The van der Waals surface area contributed by atoms with Crippen molar-refractivity contribution < 1.29 is 39.2 Å². The molecule has 4 aliphatic carbocycles. The van der Waals surface area contributed by atoms with Gasteiger partial charge in [-0.1, -0.05) is 27.4 Å². The number of hydrogen-bond donors (Lipinski definition) is 3. The predicted molar refractivity (Wildman–Crippen MR) is 112 cm³/mol. The molecule has 2 bridgehead atoms. The van der Waals surface area contributed by atoms with Crippen molar-refractivity contribution in [2.45, 2.75) is 90.3 Å². The minimum Gasteiger partial charge on any atom is -0.462 e. The molecule has 4 fully saturated rings. The van der Waals surface area contributed by atoms with Gasteiger partial charge in [0, 0.05) is 37.2 Å². The molecule has 4 aliphatic rings. The highest BCUT2D eigenvalue weighted by atomic mass is 16.6. The molecular formula is C24H34O8. The van der Waals surface area contributed by atoms with E-state index in [2.05, 4.69) is 20.4 Å². The van der Waals surface area contributed by atoms with E-state index in [1.807, 2.05) is 6.92 Å². The Morgan fingerprint density at radius 1 is 1.09 bits per heavy atom. The van der Waals surface area contributed by atoms with E-state index in [1.54, 1.807) is 0 Å². The van der Waals surface area contributed by atoms with Crippen LogP contribution in [0.5, 0.6) is 0 Å². The van der Waals surface area contributed by atoms with Crippen molar-refractivity contribution in [2.24, 2.45) is 28.1 Å². The summed E-state index contributed by atoms with van der Waals surface area (Å²) >= 11 is 0. The predicted octanol–water partition coefficient (Wildman–Crippen LogP) is 1.29. The number of aliphatic hydroxyl groups excluding tert-OH is 2. The van der Waals surface area contributed by atoms with Gasteiger partial charge in [-0.05, 0) is 30.6 Å². The summed E-state index contributed by atoms with van der Waals surface area (Å²) in [4.78, 5) is 37.8. The van der Waals surface area contributed by atoms with Gasteiger partial charge >= 0.3 is 11.9 Å². The maximum absolute atomic E-state index is 13.7. The molecule has 8 nitrogen and oxygen atoms in total. The second-order valence-corrected chi connectivity index (χ2v) is 11.2. The standard InChI is InChI=1S/C24H34O8/c1-11-19(28)24-16(27)9-15-21(4,5)8-7-17(32-13(3)26)22(15,6)18(24)14(31-12(2)25)10-23(11,30)20(24)29/h14-18,20,27,29-30H,1,7-10H2,2-6H3/t14-,15+,16+,17+,18+,20-,22-,23+,24-/m0/s1. The molecule has 0 aromatic heterocycles. The third-order valence-corrected chi connectivity index (χ3v) is 9.24. The van der Waals surface area contributed by atoms with Gasteiger partial charge in [0.15, 0.2) is 5.78 Å². The van der Waals surface area contributed by atoms with Crippen molar-refractivity contribution in [3.8, 4) is 0 Å². The molecule has 4 saturated carbocycles. The van der Waals surface area contributed by atoms with Crippen LogP contribution < -0.4 is 0 Å². The Labute approximate surface area is 188 Å². The zero-order chi connectivity index (χ0) is 24.0. The Balaban J connectivity index is 2.00. The number of Topliss-reactive ketones (excluding diaryl/α,β-unsaturated/α-hetero) is 1. The molecule has 0 aromatic rings. The summed E-state index contributed by atoms with van der Waals surface area (Å²) in [6.07, 6.45) is -3.24. The van der Waals surface area contributed by atoms with Gasteiger partial charge in [-0.2, -0.15) is 0 Å². The average Bonchev–Trinajstić information content (AvgIpc) is 2.75. The van der Waals surface area contributed by atoms with Crippen LogP contribution in [0.15, 0.2) is 12.2 Å². The van der Waals surface area contributed by atoms with Crippen LogP contribution in [0.3, 0.4) is 0 Å². The van der Waals surface area contributed by atoms with E-state index >= 15 is 0 Å². The summed E-state index contributed by atoms with van der Waals surface area (Å²) in [6, 6.07) is 0. The van der Waals surface area contributed by atoms with Crippen molar-refractivity contribution in [2.75, 3.05) is 0 Å². The van der Waals surface area contributed by atoms with E-state index in [1.165, 1.54) is 13.8 Å². The number of carbonyl (C=O) groups excluding carboxylic acids is 3. The number of ketones is 1. The lowest BCUT2D eigenvalue weighted by atomic mass is 9.38. The van der Waals surface area contributed by atoms with Gasteiger partial charge in [0.05, 0.1) is 11.5 Å². The average molecular weight is 451 g/mol. The van der Waals surface area contributed by atoms with E-state index in [9.17, 15) is 29.7 Å². The molecule has 0 heterocycles. The third-order valence-electron chi connectivity index (χ3n) is 9.24. The summed E-state index contributed by atoms with van der Waals surface area (Å²) in [5.74, 6) is -2.74. The highest BCUT2D eigenvalue weighted by Crippen LogP contribution is 2.72. The number of carbonyl (C=O) groups is 3. The Hall–Kier alpha value is -1.77. The molecule has 32 heavy (non-hydrogen) atoms. The Bertz CT molecular complexity index is 894. The van der Waals surface area contributed by atoms with Gasteiger partial charge in [-0.3, -0.25) is 14.4 Å². The van der Waals surface area contributed by atoms with Crippen molar-refractivity contribution in [3.05, 3.63) is 12.2 Å². The summed E-state index contributed by atoms with van der Waals surface area (Å²) in [6.45, 7) is 12.4. The highest BCUT2D eigenvalue weighted by Gasteiger charge is 2.81. The van der Waals surface area contributed by atoms with E-state index in [4.69, 9.17) is 9.47 Å². The number of hydrogen-bond acceptors (Lipinski definition) is 8. The molecule has 9 atom stereocenters. The fraction of sp³-hybridized carbons (Fsp3) is 0.792. The number of rotatable bonds is 2. The maximum Gasteiger partial charge on any atom is 0.302 e. The van der Waals surface area contributed by atoms with Crippen LogP contribution in [-0.4, -0.2) is 63.1 Å². The molecule has 178 valence electrons. The first-order valence-electron chi connectivity index (χ1n) is 11.3. The van der Waals surface area contributed by atoms with Crippen LogP contribution in [-0.2, 0) is 23.9 Å². The fourth-order valence-electron chi connectivity index (χ4n) is 8.05. The second kappa shape index (κ2) is 6.87. The van der Waals surface area contributed by atoms with E-state index in [-0.39, 0.29) is 29.7 Å². The van der Waals surface area contributed by atoms with Gasteiger partial charge in [0.25, 0.3) is 0 Å². The minimum absolute atomic E-state index is 0.176. The van der Waals surface area contributed by atoms with Gasteiger partial charge in [0.2, 0.25) is 0 Å². The highest BCUT2D eigenvalue weighted by molar-refractivity contribution is 6.06. The number of fused-ring (bicyclic) bond motifs is 3. The van der Waals surface area contributed by atoms with Crippen LogP contribution in [0, 0.1) is 28.1 Å². The zero-order valence-electron chi connectivity index (χ0n) is 19.4. The first-order valence-corrected chi connectivity index (χ1v) is 11.3. The first kappa shape index (κ1) is 23.4. The van der Waals surface area contributed by atoms with Crippen LogP contribution >= 0.6 is 0 Å². The first-order chi connectivity index (χ1) is 14.6. The number of esters is 2. The van der Waals surface area contributed by atoms with Crippen molar-refractivity contribution >= 4 is 17.7 Å². The van der Waals surface area contributed by atoms with Gasteiger partial charge in [-0.25, -0.2) is 0 Å². The molecular weight excluding hydrogens is 416 g/mol. The van der Waals surface area contributed by atoms with E-state index in [0.29, 0.717) is 6.42 Å². The molecule has 4 rings (SSSR count). The van der Waals surface area contributed by atoms with Gasteiger partial charge in [0.1, 0.15) is 23.9 Å². The van der Waals surface area contributed by atoms with Crippen molar-refractivity contribution in [1.82, 2.24) is 0 Å². The van der Waals surface area contributed by atoms with Crippen LogP contribution in [0.25, 0.3) is 0 Å². The minimum atomic E-state index is -2.00. The molecule has 8 heteroatoms. The van der Waals surface area contributed by atoms with E-state index in [0.717, 1.165) is 6.42 Å². The molecule has 0 amide bonds. The maximum atomic E-state index is 13.7. The fourth-order valence-corrected chi connectivity index (χ4v) is 8.05. The second-order valence-electron chi connectivity index (χ2n) is 11.2. The summed E-state index contributed by atoms with van der Waals surface area (Å²) in [5.41, 5.74) is -5.16. The monoisotopic (exact) mass is 450 g/mol. The topological polar surface area (TPSA) is 130 Å². The molecule has 0 aromatic carbocycles. The third kappa shape index (κ3) is 2.63. The molecule has 1 spiro atoms. The van der Waals surface area contributed by atoms with Crippen LogP contribution in [0.4, 0.5) is 0 Å². The SMILES string of the molecule is C=C1C(=O)[C@]23[C@H](O)C[C@@H]4C(C)(C)CC[C@@H](OC(C)=O)[C@@]4(C)[C@H]2[C@@H](OC(C)=O)C[C@]1(O)[C@@H]3O. The van der Waals surface area contributed by atoms with E-state index < -0.39 is 64.5 Å². The molecule has 0 aliphatic heterocycles. The lowest BCUT2D eigenvalue weighted by Gasteiger charge is -2.67. The molecule has 0 radical (unpaired) electrons. The molecule has 0 unspecified atom stereocenters. The smallest absolute Gasteiger partial charge is 0.302 e. The van der Waals surface area contributed by atoms with Gasteiger partial charge < -0.3 is 24.8 Å². The molecule has 0 saturated heterocycles. The van der Waals surface area contributed by atoms with Gasteiger partial charge in [-0.15, -0.1) is 0 Å². The Morgan fingerprint density at radius 3 is 2.25 bits per heavy atom. The van der Waals surface area contributed by atoms with Crippen LogP contribution in [0.1, 0.15) is 60.3 Å². The largest absolute Gasteiger partial charge is 0.462 e. The van der Waals surface area contributed by atoms with Crippen molar-refractivity contribution in [1.29, 1.82) is 0 Å². The normalized spacial score (nSPS) is 49.1. The zero-order valence-corrected chi connectivity index (χ0v) is 19.4. The molecule has 3 N–H and O–H groups in total. The quantitative estimate of drug-likeness (QED) is 0.424. The number of ether oxygens (including phenoxy) is 2. The number of aliphatic hydroxyl groups is 3.